The maximum absolute atomic E-state index is 14.2. The van der Waals surface area contributed by atoms with E-state index >= 15 is 0 Å². The highest BCUT2D eigenvalue weighted by Crippen LogP contribution is 2.29. The second kappa shape index (κ2) is 10.5. The van der Waals surface area contributed by atoms with Gasteiger partial charge in [0.25, 0.3) is 6.43 Å². The second-order valence-electron chi connectivity index (χ2n) is 8.05. The van der Waals surface area contributed by atoms with Crippen molar-refractivity contribution >= 4 is 27.5 Å². The molecule has 1 fully saturated rings. The number of nitrogens with zero attached hydrogens (tertiary/aromatic N) is 3. The molecule has 0 spiro atoms. The summed E-state index contributed by atoms with van der Waals surface area (Å²) in [4.78, 5) is 20.4. The molecule has 1 saturated heterocycles. The van der Waals surface area contributed by atoms with E-state index in [1.54, 1.807) is 6.07 Å². The zero-order chi connectivity index (χ0) is 26.0. The fraction of sp³-hybridized carbons (Fsp3) is 0.261. The van der Waals surface area contributed by atoms with Gasteiger partial charge < -0.3 is 5.32 Å². The van der Waals surface area contributed by atoms with Gasteiger partial charge in [-0.1, -0.05) is 11.6 Å². The summed E-state index contributed by atoms with van der Waals surface area (Å²) >= 11 is 6.08. The molecule has 7 nitrogen and oxygen atoms in total. The average Bonchev–Trinajstić information content (AvgIpc) is 3.25. The number of benzene rings is 1. The van der Waals surface area contributed by atoms with E-state index in [-0.39, 0.29) is 23.0 Å². The molecule has 2 aromatic heterocycles. The van der Waals surface area contributed by atoms with E-state index in [0.717, 1.165) is 34.6 Å². The maximum atomic E-state index is 14.2. The number of nitrogens with one attached hydrogen (secondary N) is 1. The molecular weight excluding hydrogens is 524 g/mol. The molecule has 1 amide bonds. The van der Waals surface area contributed by atoms with Crippen LogP contribution in [0.3, 0.4) is 0 Å². The summed E-state index contributed by atoms with van der Waals surface area (Å²) in [5, 5.41) is 2.65. The average molecular weight is 543 g/mol. The van der Waals surface area contributed by atoms with E-state index in [0.29, 0.717) is 16.8 Å². The van der Waals surface area contributed by atoms with Crippen molar-refractivity contribution in [2.75, 3.05) is 6.54 Å². The number of amides is 1. The maximum Gasteiger partial charge on any atom is 0.280 e. The van der Waals surface area contributed by atoms with Crippen molar-refractivity contribution in [1.29, 1.82) is 0 Å². The van der Waals surface area contributed by atoms with Crippen LogP contribution in [0.15, 0.2) is 59.6 Å². The Balaban J connectivity index is 1.50. The lowest BCUT2D eigenvalue weighted by Crippen LogP contribution is -2.45. The number of carbonyl (C=O) groups excluding carboxylic acids is 1. The van der Waals surface area contributed by atoms with Crippen LogP contribution in [-0.2, 0) is 21.4 Å². The van der Waals surface area contributed by atoms with E-state index in [1.807, 2.05) is 0 Å². The topological polar surface area (TPSA) is 92.3 Å². The van der Waals surface area contributed by atoms with Crippen molar-refractivity contribution < 1.29 is 30.8 Å². The molecule has 1 aliphatic rings. The van der Waals surface area contributed by atoms with Gasteiger partial charge in [-0.3, -0.25) is 9.78 Å². The Bertz CT molecular complexity index is 1360. The first-order valence-electron chi connectivity index (χ1n) is 10.6. The highest BCUT2D eigenvalue weighted by molar-refractivity contribution is 7.89. The van der Waals surface area contributed by atoms with Gasteiger partial charge in [-0.25, -0.2) is 31.0 Å². The van der Waals surface area contributed by atoms with Gasteiger partial charge in [-0.2, -0.15) is 4.31 Å². The zero-order valence-corrected chi connectivity index (χ0v) is 20.0. The first kappa shape index (κ1) is 26.0. The highest BCUT2D eigenvalue weighted by atomic mass is 35.5. The minimum absolute atomic E-state index is 0.0693. The smallest absolute Gasteiger partial charge is 0.280 e. The molecule has 0 saturated carbocycles. The van der Waals surface area contributed by atoms with Crippen molar-refractivity contribution in [3.8, 4) is 11.3 Å². The van der Waals surface area contributed by atoms with E-state index in [9.17, 15) is 30.8 Å². The summed E-state index contributed by atoms with van der Waals surface area (Å²) < 4.78 is 79.6. The number of hydrogen-bond donors (Lipinski definition) is 1. The van der Waals surface area contributed by atoms with Gasteiger partial charge in [0.15, 0.2) is 0 Å². The van der Waals surface area contributed by atoms with Crippen molar-refractivity contribution in [1.82, 2.24) is 19.6 Å². The molecule has 4 rings (SSSR count). The quantitative estimate of drug-likeness (QED) is 0.355. The first-order valence-corrected chi connectivity index (χ1v) is 12.5. The lowest BCUT2D eigenvalue weighted by Gasteiger charge is -2.23. The van der Waals surface area contributed by atoms with Crippen LogP contribution in [0.5, 0.6) is 0 Å². The lowest BCUT2D eigenvalue weighted by atomic mass is 10.1. The van der Waals surface area contributed by atoms with Gasteiger partial charge in [-0.05, 0) is 54.1 Å². The summed E-state index contributed by atoms with van der Waals surface area (Å²) in [7, 11) is -4.25. The number of alkyl halides is 3. The Morgan fingerprint density at radius 2 is 1.89 bits per heavy atom. The number of sulfonamides is 1. The fourth-order valence-corrected chi connectivity index (χ4v) is 5.65. The lowest BCUT2D eigenvalue weighted by molar-refractivity contribution is -0.124. The molecule has 3 heterocycles. The van der Waals surface area contributed by atoms with Gasteiger partial charge in [0.2, 0.25) is 15.9 Å². The van der Waals surface area contributed by atoms with Crippen LogP contribution in [0.2, 0.25) is 5.15 Å². The standard InChI is InChI=1S/C23H19ClF4N4O3S/c24-21-8-13(7-19(31-21)14-1-6-18(22(27)28)29-11-14)10-30-23(33)20-9-16(26)12-32(20)36(34,35)17-4-2-15(25)3-5-17/h1-8,11,16,20,22H,9-10,12H2,(H,30,33). The van der Waals surface area contributed by atoms with Gasteiger partial charge in [-0.15, -0.1) is 0 Å². The highest BCUT2D eigenvalue weighted by Gasteiger charge is 2.44. The van der Waals surface area contributed by atoms with Crippen molar-refractivity contribution in [2.45, 2.75) is 36.5 Å². The van der Waals surface area contributed by atoms with Crippen LogP contribution in [-0.4, -0.2) is 47.4 Å². The van der Waals surface area contributed by atoms with E-state index in [1.165, 1.54) is 18.3 Å². The van der Waals surface area contributed by atoms with E-state index in [2.05, 4.69) is 15.3 Å². The minimum Gasteiger partial charge on any atom is -0.351 e. The molecule has 13 heteroatoms. The molecule has 2 atom stereocenters. The molecule has 1 N–H and O–H groups in total. The number of carbonyl (C=O) groups is 1. The van der Waals surface area contributed by atoms with Gasteiger partial charge in [0, 0.05) is 31.3 Å². The van der Waals surface area contributed by atoms with Gasteiger partial charge in [0.05, 0.1) is 10.6 Å². The normalized spacial score (nSPS) is 18.5. The number of rotatable bonds is 7. The third kappa shape index (κ3) is 5.66. The SMILES string of the molecule is O=C(NCc1cc(Cl)nc(-c2ccc(C(F)F)nc2)c1)C1CC(F)CN1S(=O)(=O)c1ccc(F)cc1. The monoisotopic (exact) mass is 542 g/mol. The molecule has 1 aliphatic heterocycles. The van der Waals surface area contributed by atoms with Gasteiger partial charge >= 0.3 is 0 Å². The summed E-state index contributed by atoms with van der Waals surface area (Å²) in [6.45, 7) is -0.598. The minimum atomic E-state index is -4.25. The molecule has 0 aliphatic carbocycles. The molecule has 1 aromatic carbocycles. The Morgan fingerprint density at radius 1 is 1.17 bits per heavy atom. The van der Waals surface area contributed by atoms with Gasteiger partial charge in [0.1, 0.15) is 28.9 Å². The third-order valence-corrected chi connectivity index (χ3v) is 7.64. The Labute approximate surface area is 209 Å². The van der Waals surface area contributed by atoms with Crippen molar-refractivity contribution in [3.05, 3.63) is 77.0 Å². The molecule has 0 bridgehead atoms. The molecule has 2 unspecified atom stereocenters. The van der Waals surface area contributed by atoms with Crippen LogP contribution in [0, 0.1) is 5.82 Å². The molecule has 0 radical (unpaired) electrons. The number of aromatic nitrogens is 2. The Morgan fingerprint density at radius 3 is 2.53 bits per heavy atom. The third-order valence-electron chi connectivity index (χ3n) is 5.55. The molecular formula is C23H19ClF4N4O3S. The summed E-state index contributed by atoms with van der Waals surface area (Å²) in [5.41, 5.74) is 0.836. The van der Waals surface area contributed by atoms with Crippen LogP contribution in [0.1, 0.15) is 24.1 Å². The van der Waals surface area contributed by atoms with Crippen LogP contribution in [0.25, 0.3) is 11.3 Å². The molecule has 3 aromatic rings. The van der Waals surface area contributed by atoms with Crippen molar-refractivity contribution in [2.24, 2.45) is 0 Å². The number of halogens is 5. The van der Waals surface area contributed by atoms with Crippen LogP contribution in [0.4, 0.5) is 17.6 Å². The van der Waals surface area contributed by atoms with Crippen LogP contribution < -0.4 is 5.32 Å². The Hall–Kier alpha value is -3.09. The van der Waals surface area contributed by atoms with Crippen molar-refractivity contribution in [3.63, 3.8) is 0 Å². The van der Waals surface area contributed by atoms with E-state index < -0.39 is 52.6 Å². The summed E-state index contributed by atoms with van der Waals surface area (Å²) in [6.07, 6.45) is -3.39. The second-order valence-corrected chi connectivity index (χ2v) is 10.3. The predicted molar refractivity (Wildman–Crippen MR) is 123 cm³/mol. The fourth-order valence-electron chi connectivity index (χ4n) is 3.79. The van der Waals surface area contributed by atoms with E-state index in [4.69, 9.17) is 11.6 Å². The largest absolute Gasteiger partial charge is 0.351 e. The Kier molecular flexibility index (Phi) is 7.57. The summed E-state index contributed by atoms with van der Waals surface area (Å²) in [5.74, 6) is -1.36. The molecule has 190 valence electrons. The molecule has 36 heavy (non-hydrogen) atoms. The number of hydrogen-bond acceptors (Lipinski definition) is 5. The first-order chi connectivity index (χ1) is 17.0. The zero-order valence-electron chi connectivity index (χ0n) is 18.4. The summed E-state index contributed by atoms with van der Waals surface area (Å²) in [6, 6.07) is 8.32. The van der Waals surface area contributed by atoms with Crippen LogP contribution >= 0.6 is 11.6 Å². The predicted octanol–water partition coefficient (Wildman–Crippen LogP) is 4.29. The number of pyridine rings is 2.